The summed E-state index contributed by atoms with van der Waals surface area (Å²) in [5, 5.41) is 0.288. The number of likely N-dealkylation sites (tertiary alicyclic amines) is 1. The molecule has 1 aromatic rings. The van der Waals surface area contributed by atoms with Crippen LogP contribution in [0.2, 0.25) is 5.02 Å². The van der Waals surface area contributed by atoms with Crippen LogP contribution in [-0.4, -0.2) is 29.4 Å². The van der Waals surface area contributed by atoms with Crippen LogP contribution in [0.15, 0.2) is 18.2 Å². The third-order valence-electron chi connectivity index (χ3n) is 3.58. The molecule has 1 aliphatic rings. The molecular formula is C14H19Cl2FN2O. The van der Waals surface area contributed by atoms with Crippen molar-refractivity contribution < 1.29 is 9.18 Å². The van der Waals surface area contributed by atoms with Gasteiger partial charge in [-0.25, -0.2) is 4.39 Å². The lowest BCUT2D eigenvalue weighted by molar-refractivity contribution is 0.0579. The fraction of sp³-hybridized carbons (Fsp3) is 0.500. The molecule has 0 bridgehead atoms. The van der Waals surface area contributed by atoms with Crippen molar-refractivity contribution >= 4 is 29.9 Å². The summed E-state index contributed by atoms with van der Waals surface area (Å²) in [4.78, 5) is 14.1. The first-order chi connectivity index (χ1) is 9.00. The maximum absolute atomic E-state index is 13.8. The Labute approximate surface area is 129 Å². The second-order valence-electron chi connectivity index (χ2n) is 5.04. The number of halogens is 3. The van der Waals surface area contributed by atoms with E-state index in [-0.39, 0.29) is 41.0 Å². The van der Waals surface area contributed by atoms with E-state index in [1.165, 1.54) is 18.2 Å². The van der Waals surface area contributed by atoms with Crippen LogP contribution in [0.4, 0.5) is 4.39 Å². The van der Waals surface area contributed by atoms with E-state index in [4.69, 9.17) is 17.3 Å². The Morgan fingerprint density at radius 1 is 1.50 bits per heavy atom. The van der Waals surface area contributed by atoms with Gasteiger partial charge in [-0.2, -0.15) is 0 Å². The molecule has 6 heteroatoms. The lowest BCUT2D eigenvalue weighted by Gasteiger charge is -2.38. The molecule has 1 fully saturated rings. The highest BCUT2D eigenvalue weighted by atomic mass is 35.5. The van der Waals surface area contributed by atoms with Crippen LogP contribution in [0.5, 0.6) is 0 Å². The Kier molecular flexibility index (Phi) is 6.24. The van der Waals surface area contributed by atoms with E-state index in [2.05, 4.69) is 0 Å². The topological polar surface area (TPSA) is 46.3 Å². The minimum Gasteiger partial charge on any atom is -0.334 e. The van der Waals surface area contributed by atoms with Crippen molar-refractivity contribution in [2.75, 3.05) is 6.54 Å². The monoisotopic (exact) mass is 320 g/mol. The molecule has 2 atom stereocenters. The van der Waals surface area contributed by atoms with Crippen molar-refractivity contribution in [3.8, 4) is 0 Å². The number of amides is 1. The summed E-state index contributed by atoms with van der Waals surface area (Å²) in [6, 6.07) is 4.01. The summed E-state index contributed by atoms with van der Waals surface area (Å²) < 4.78 is 13.8. The van der Waals surface area contributed by atoms with E-state index in [1.807, 2.05) is 6.92 Å². The quantitative estimate of drug-likeness (QED) is 0.909. The number of hydrogen-bond acceptors (Lipinski definition) is 2. The first-order valence-electron chi connectivity index (χ1n) is 6.52. The molecule has 0 spiro atoms. The van der Waals surface area contributed by atoms with E-state index in [0.29, 0.717) is 6.54 Å². The maximum atomic E-state index is 13.8. The molecule has 0 saturated carbocycles. The van der Waals surface area contributed by atoms with Gasteiger partial charge in [-0.05, 0) is 44.4 Å². The van der Waals surface area contributed by atoms with Gasteiger partial charge in [0.15, 0.2) is 0 Å². The molecule has 0 aliphatic carbocycles. The van der Waals surface area contributed by atoms with Crippen molar-refractivity contribution in [2.45, 2.75) is 38.3 Å². The van der Waals surface area contributed by atoms with Crippen molar-refractivity contribution in [1.82, 2.24) is 4.90 Å². The van der Waals surface area contributed by atoms with Crippen LogP contribution in [-0.2, 0) is 0 Å². The van der Waals surface area contributed by atoms with E-state index < -0.39 is 5.82 Å². The third kappa shape index (κ3) is 3.62. The van der Waals surface area contributed by atoms with Crippen LogP contribution in [0.25, 0.3) is 0 Å². The van der Waals surface area contributed by atoms with Gasteiger partial charge in [-0.3, -0.25) is 4.79 Å². The van der Waals surface area contributed by atoms with Gasteiger partial charge in [-0.15, -0.1) is 12.4 Å². The predicted molar refractivity (Wildman–Crippen MR) is 81.0 cm³/mol. The van der Waals surface area contributed by atoms with Gasteiger partial charge in [0.25, 0.3) is 5.91 Å². The molecule has 1 amide bonds. The average molecular weight is 321 g/mol. The number of hydrogen-bond donors (Lipinski definition) is 1. The summed E-state index contributed by atoms with van der Waals surface area (Å²) in [6.45, 7) is 2.52. The number of piperidine rings is 1. The summed E-state index contributed by atoms with van der Waals surface area (Å²) >= 11 is 5.70. The standard InChI is InChI=1S/C14H18ClFN2O.ClH/c1-9(17)13-4-2-3-7-18(13)14(19)11-6-5-10(15)8-12(11)16;/h5-6,8-9,13H,2-4,7,17H2,1H3;1H. The van der Waals surface area contributed by atoms with Gasteiger partial charge >= 0.3 is 0 Å². The smallest absolute Gasteiger partial charge is 0.257 e. The largest absolute Gasteiger partial charge is 0.334 e. The van der Waals surface area contributed by atoms with E-state index in [9.17, 15) is 9.18 Å². The van der Waals surface area contributed by atoms with Crippen molar-refractivity contribution in [3.05, 3.63) is 34.6 Å². The second kappa shape index (κ2) is 7.25. The summed E-state index contributed by atoms with van der Waals surface area (Å²) in [5.41, 5.74) is 5.99. The molecule has 0 aromatic heterocycles. The number of benzene rings is 1. The SMILES string of the molecule is CC(N)C1CCCCN1C(=O)c1ccc(Cl)cc1F.Cl. The highest BCUT2D eigenvalue weighted by Gasteiger charge is 2.30. The van der Waals surface area contributed by atoms with Gasteiger partial charge in [0.05, 0.1) is 5.56 Å². The average Bonchev–Trinajstić information content (AvgIpc) is 2.38. The van der Waals surface area contributed by atoms with Gasteiger partial charge in [0.1, 0.15) is 5.82 Å². The Balaban J connectivity index is 0.00000200. The molecule has 3 nitrogen and oxygen atoms in total. The zero-order chi connectivity index (χ0) is 14.0. The molecule has 1 saturated heterocycles. The minimum absolute atomic E-state index is 0. The van der Waals surface area contributed by atoms with Gasteiger partial charge in [-0.1, -0.05) is 11.6 Å². The van der Waals surface area contributed by atoms with Crippen LogP contribution in [0.3, 0.4) is 0 Å². The van der Waals surface area contributed by atoms with Crippen molar-refractivity contribution in [1.29, 1.82) is 0 Å². The first kappa shape index (κ1) is 17.2. The van der Waals surface area contributed by atoms with Crippen LogP contribution < -0.4 is 5.73 Å². The van der Waals surface area contributed by atoms with E-state index >= 15 is 0 Å². The molecule has 1 heterocycles. The number of nitrogens with two attached hydrogens (primary N) is 1. The number of rotatable bonds is 2. The Bertz CT molecular complexity index is 482. The van der Waals surface area contributed by atoms with Gasteiger partial charge < -0.3 is 10.6 Å². The first-order valence-corrected chi connectivity index (χ1v) is 6.90. The normalized spacial score (nSPS) is 20.2. The molecule has 2 unspecified atom stereocenters. The maximum Gasteiger partial charge on any atom is 0.257 e. The van der Waals surface area contributed by atoms with Crippen molar-refractivity contribution in [2.24, 2.45) is 5.73 Å². The number of carbonyl (C=O) groups excluding carboxylic acids is 1. The molecule has 20 heavy (non-hydrogen) atoms. The lowest BCUT2D eigenvalue weighted by Crippen LogP contribution is -2.51. The van der Waals surface area contributed by atoms with Crippen LogP contribution in [0, 0.1) is 5.82 Å². The molecule has 2 rings (SSSR count). The Morgan fingerprint density at radius 3 is 2.80 bits per heavy atom. The lowest BCUT2D eigenvalue weighted by atomic mass is 9.96. The van der Waals surface area contributed by atoms with E-state index in [1.54, 1.807) is 4.90 Å². The number of nitrogens with zero attached hydrogens (tertiary/aromatic N) is 1. The van der Waals surface area contributed by atoms with Gasteiger partial charge in [0.2, 0.25) is 0 Å². The molecular weight excluding hydrogens is 302 g/mol. The van der Waals surface area contributed by atoms with E-state index in [0.717, 1.165) is 19.3 Å². The molecule has 1 aromatic carbocycles. The van der Waals surface area contributed by atoms with Crippen LogP contribution >= 0.6 is 24.0 Å². The fourth-order valence-corrected chi connectivity index (χ4v) is 2.73. The molecule has 112 valence electrons. The summed E-state index contributed by atoms with van der Waals surface area (Å²) in [5.74, 6) is -0.873. The molecule has 1 aliphatic heterocycles. The minimum atomic E-state index is -0.577. The third-order valence-corrected chi connectivity index (χ3v) is 3.81. The zero-order valence-corrected chi connectivity index (χ0v) is 12.9. The summed E-state index contributed by atoms with van der Waals surface area (Å²) in [6.07, 6.45) is 2.86. The van der Waals surface area contributed by atoms with Crippen molar-refractivity contribution in [3.63, 3.8) is 0 Å². The second-order valence-corrected chi connectivity index (χ2v) is 5.48. The Hall–Kier alpha value is -0.840. The summed E-state index contributed by atoms with van der Waals surface area (Å²) in [7, 11) is 0. The fourth-order valence-electron chi connectivity index (χ4n) is 2.57. The molecule has 0 radical (unpaired) electrons. The number of carbonyl (C=O) groups is 1. The van der Waals surface area contributed by atoms with Crippen LogP contribution in [0.1, 0.15) is 36.5 Å². The zero-order valence-electron chi connectivity index (χ0n) is 11.3. The predicted octanol–water partition coefficient (Wildman–Crippen LogP) is 3.24. The highest BCUT2D eigenvalue weighted by Crippen LogP contribution is 2.23. The van der Waals surface area contributed by atoms with Gasteiger partial charge in [0, 0.05) is 23.7 Å². The Morgan fingerprint density at radius 2 is 2.20 bits per heavy atom. The highest BCUT2D eigenvalue weighted by molar-refractivity contribution is 6.30. The molecule has 2 N–H and O–H groups in total.